The van der Waals surface area contributed by atoms with E-state index in [1.54, 1.807) is 12.2 Å². The van der Waals surface area contributed by atoms with Gasteiger partial charge in [0.15, 0.2) is 0 Å². The van der Waals surface area contributed by atoms with Crippen LogP contribution in [0.1, 0.15) is 72.6 Å². The maximum atomic E-state index is 12.5. The molecule has 0 saturated carbocycles. The minimum Gasteiger partial charge on any atom is -0.352 e. The fourth-order valence-corrected chi connectivity index (χ4v) is 5.53. The van der Waals surface area contributed by atoms with Gasteiger partial charge < -0.3 is 13.8 Å². The van der Waals surface area contributed by atoms with Gasteiger partial charge in [-0.05, 0) is 41.0 Å². The summed E-state index contributed by atoms with van der Waals surface area (Å²) < 4.78 is 22.2. The number of hydrogen-bond acceptors (Lipinski definition) is 7. The molecule has 0 radical (unpaired) electrons. The monoisotopic (exact) mass is 466 g/mol. The lowest BCUT2D eigenvalue weighted by Crippen LogP contribution is -2.35. The smallest absolute Gasteiger partial charge is 0.330 e. The molecule has 1 fully saturated rings. The summed E-state index contributed by atoms with van der Waals surface area (Å²) in [6, 6.07) is 2.48. The van der Waals surface area contributed by atoms with Crippen LogP contribution in [0.5, 0.6) is 0 Å². The molecule has 1 saturated heterocycles. The largest absolute Gasteiger partial charge is 0.352 e. The number of aromatic amines is 1. The van der Waals surface area contributed by atoms with Gasteiger partial charge in [-0.25, -0.2) is 9.46 Å². The Kier molecular flexibility index (Phi) is 10.3. The second-order valence-corrected chi connectivity index (χ2v) is 9.62. The molecule has 178 valence electrons. The van der Waals surface area contributed by atoms with Crippen molar-refractivity contribution in [3.8, 4) is 6.07 Å². The second-order valence-electron chi connectivity index (χ2n) is 8.21. The second kappa shape index (κ2) is 12.4. The van der Waals surface area contributed by atoms with E-state index >= 15 is 0 Å². The molecular formula is C22H35N4O5P. The molecule has 0 bridgehead atoms. The summed E-state index contributed by atoms with van der Waals surface area (Å²) in [5.41, 5.74) is -0.551. The summed E-state index contributed by atoms with van der Waals surface area (Å²) in [5.74, 6) is 0. The Morgan fingerprint density at radius 1 is 1.38 bits per heavy atom. The molecule has 2 heterocycles. The minimum atomic E-state index is -1.42. The summed E-state index contributed by atoms with van der Waals surface area (Å²) >= 11 is 0. The van der Waals surface area contributed by atoms with Gasteiger partial charge in [0.1, 0.15) is 6.23 Å². The van der Waals surface area contributed by atoms with E-state index in [-0.39, 0.29) is 37.3 Å². The molecule has 1 unspecified atom stereocenters. The Morgan fingerprint density at radius 2 is 2.06 bits per heavy atom. The van der Waals surface area contributed by atoms with Crippen LogP contribution in [-0.4, -0.2) is 45.1 Å². The first kappa shape index (κ1) is 26.4. The van der Waals surface area contributed by atoms with Crippen molar-refractivity contribution in [3.63, 3.8) is 0 Å². The lowest BCUT2D eigenvalue weighted by Gasteiger charge is -2.37. The third-order valence-corrected chi connectivity index (χ3v) is 7.28. The Morgan fingerprint density at radius 3 is 2.62 bits per heavy atom. The van der Waals surface area contributed by atoms with Crippen LogP contribution in [0.4, 0.5) is 0 Å². The van der Waals surface area contributed by atoms with E-state index in [0.29, 0.717) is 18.4 Å². The lowest BCUT2D eigenvalue weighted by molar-refractivity contribution is -0.0201. The number of H-pyrrole nitrogens is 1. The highest BCUT2D eigenvalue weighted by atomic mass is 31.2. The van der Waals surface area contributed by atoms with Gasteiger partial charge in [0, 0.05) is 24.7 Å². The molecule has 1 aliphatic heterocycles. The zero-order chi connectivity index (χ0) is 23.8. The summed E-state index contributed by atoms with van der Waals surface area (Å²) in [6.45, 7) is 12.4. The number of ether oxygens (including phenoxy) is 1. The Bertz CT molecular complexity index is 912. The number of nitrogens with zero attached hydrogens (tertiary/aromatic N) is 3. The summed E-state index contributed by atoms with van der Waals surface area (Å²) in [5, 5.41) is 8.91. The molecule has 32 heavy (non-hydrogen) atoms. The minimum absolute atomic E-state index is 0.187. The van der Waals surface area contributed by atoms with E-state index in [0.717, 1.165) is 0 Å². The van der Waals surface area contributed by atoms with Crippen molar-refractivity contribution in [2.24, 2.45) is 0 Å². The van der Waals surface area contributed by atoms with E-state index in [9.17, 15) is 9.59 Å². The first-order valence-corrected chi connectivity index (χ1v) is 12.2. The number of rotatable bonds is 11. The molecular weight excluding hydrogens is 431 g/mol. The quantitative estimate of drug-likeness (QED) is 0.389. The van der Waals surface area contributed by atoms with Gasteiger partial charge in [-0.15, -0.1) is 0 Å². The normalized spacial score (nSPS) is 22.3. The zero-order valence-electron chi connectivity index (χ0n) is 19.8. The first-order valence-electron chi connectivity index (χ1n) is 11.1. The SMILES string of the molecule is C/C=C/c1cn([C@H]2C[C@H](OP(OCCC#N)N(C(C)C)C(C)C)[C@@H](CC)O2)c(=O)[nH]c1=O. The van der Waals surface area contributed by atoms with Gasteiger partial charge in [-0.1, -0.05) is 19.1 Å². The number of nitrogens with one attached hydrogen (secondary N) is 1. The highest BCUT2D eigenvalue weighted by Crippen LogP contribution is 2.50. The third-order valence-electron chi connectivity index (χ3n) is 5.12. The molecule has 1 aromatic rings. The van der Waals surface area contributed by atoms with Gasteiger partial charge in [0.2, 0.25) is 0 Å². The van der Waals surface area contributed by atoms with Gasteiger partial charge in [0.05, 0.1) is 36.9 Å². The van der Waals surface area contributed by atoms with Gasteiger partial charge >= 0.3 is 5.69 Å². The van der Waals surface area contributed by atoms with Gasteiger partial charge in [0.25, 0.3) is 14.1 Å². The van der Waals surface area contributed by atoms with Crippen molar-refractivity contribution in [2.45, 2.75) is 91.3 Å². The molecule has 0 aliphatic carbocycles. The molecule has 0 spiro atoms. The molecule has 4 atom stereocenters. The predicted molar refractivity (Wildman–Crippen MR) is 125 cm³/mol. The topological polar surface area (TPSA) is 110 Å². The van der Waals surface area contributed by atoms with Crippen molar-refractivity contribution in [1.29, 1.82) is 5.26 Å². The highest BCUT2D eigenvalue weighted by molar-refractivity contribution is 7.44. The van der Waals surface area contributed by atoms with E-state index in [2.05, 4.69) is 43.4 Å². The molecule has 0 amide bonds. The standard InChI is InChI=1S/C22H35N4O5P/c1-7-10-17-14-25(22(28)24-21(17)27)20-13-19(18(8-2)30-20)31-32(29-12-9-11-23)26(15(3)4)16(5)6/h7,10,14-16,18-20H,8-9,12-13H2,1-6H3,(H,24,27,28)/b10-7+/t18-,19+,20-,32?/m1/s1. The molecule has 0 aromatic carbocycles. The lowest BCUT2D eigenvalue weighted by atomic mass is 10.1. The van der Waals surface area contributed by atoms with E-state index in [4.69, 9.17) is 19.0 Å². The molecule has 1 aliphatic rings. The fourth-order valence-electron chi connectivity index (χ4n) is 3.77. The summed E-state index contributed by atoms with van der Waals surface area (Å²) in [6.07, 6.45) is 5.29. The maximum absolute atomic E-state index is 12.5. The molecule has 1 N–H and O–H groups in total. The molecule has 10 heteroatoms. The molecule has 1 aromatic heterocycles. The average Bonchev–Trinajstić information content (AvgIpc) is 3.12. The van der Waals surface area contributed by atoms with Crippen LogP contribution >= 0.6 is 8.53 Å². The number of nitriles is 1. The van der Waals surface area contributed by atoms with Crippen LogP contribution in [-0.2, 0) is 13.8 Å². The van der Waals surface area contributed by atoms with Crippen molar-refractivity contribution < 1.29 is 13.8 Å². The van der Waals surface area contributed by atoms with Gasteiger partial charge in [-0.2, -0.15) is 5.26 Å². The van der Waals surface area contributed by atoms with Crippen LogP contribution in [0, 0.1) is 11.3 Å². The van der Waals surface area contributed by atoms with Crippen molar-refractivity contribution in [3.05, 3.63) is 38.7 Å². The zero-order valence-corrected chi connectivity index (χ0v) is 20.7. The van der Waals surface area contributed by atoms with E-state index in [1.165, 1.54) is 10.8 Å². The number of aromatic nitrogens is 2. The van der Waals surface area contributed by atoms with Crippen molar-refractivity contribution >= 4 is 14.6 Å². The van der Waals surface area contributed by atoms with Crippen molar-refractivity contribution in [2.75, 3.05) is 6.61 Å². The average molecular weight is 467 g/mol. The molecule has 2 rings (SSSR count). The van der Waals surface area contributed by atoms with Gasteiger partial charge in [-0.3, -0.25) is 14.3 Å². The Labute approximate surface area is 190 Å². The van der Waals surface area contributed by atoms with E-state index < -0.39 is 26.0 Å². The number of allylic oxidation sites excluding steroid dienone is 1. The summed E-state index contributed by atoms with van der Waals surface area (Å²) in [4.78, 5) is 26.9. The van der Waals surface area contributed by atoms with Crippen LogP contribution in [0.15, 0.2) is 21.9 Å². The molecule has 9 nitrogen and oxygen atoms in total. The maximum Gasteiger partial charge on any atom is 0.330 e. The van der Waals surface area contributed by atoms with Crippen LogP contribution in [0.25, 0.3) is 6.08 Å². The number of hydrogen-bond donors (Lipinski definition) is 1. The third kappa shape index (κ3) is 6.60. The Hall–Kier alpha value is -1.82. The van der Waals surface area contributed by atoms with Crippen LogP contribution in [0.2, 0.25) is 0 Å². The van der Waals surface area contributed by atoms with Crippen molar-refractivity contribution in [1.82, 2.24) is 14.2 Å². The Balaban J connectivity index is 2.28. The summed E-state index contributed by atoms with van der Waals surface area (Å²) in [7, 11) is -1.42. The highest BCUT2D eigenvalue weighted by Gasteiger charge is 2.40. The predicted octanol–water partition coefficient (Wildman–Crippen LogP) is 3.93. The first-order chi connectivity index (χ1) is 15.2. The fraction of sp³-hybridized carbons (Fsp3) is 0.682. The van der Waals surface area contributed by atoms with Crippen LogP contribution < -0.4 is 11.2 Å². The van der Waals surface area contributed by atoms with E-state index in [1.807, 2.05) is 13.8 Å². The van der Waals surface area contributed by atoms with Crippen LogP contribution in [0.3, 0.4) is 0 Å².